The van der Waals surface area contributed by atoms with Crippen LogP contribution in [-0.4, -0.2) is 40.9 Å². The second-order valence-corrected chi connectivity index (χ2v) is 8.20. The van der Waals surface area contributed by atoms with E-state index in [4.69, 9.17) is 16.1 Å². The number of nitrogens with zero attached hydrogens (tertiary/aromatic N) is 5. The average molecular weight is 430 g/mol. The fraction of sp³-hybridized carbons (Fsp3) is 0.400. The smallest absolute Gasteiger partial charge is 0.278 e. The average Bonchev–Trinajstić information content (AvgIpc) is 3.47. The first-order valence-electron chi connectivity index (χ1n) is 9.82. The van der Waals surface area contributed by atoms with E-state index in [0.717, 1.165) is 12.8 Å². The number of benzene rings is 1. The Morgan fingerprint density at radius 2 is 2.07 bits per heavy atom. The van der Waals surface area contributed by atoms with Gasteiger partial charge in [0, 0.05) is 0 Å². The van der Waals surface area contributed by atoms with Crippen molar-refractivity contribution in [3.05, 3.63) is 45.8 Å². The Morgan fingerprint density at radius 1 is 1.30 bits per heavy atom. The molecule has 3 heterocycles. The topological polar surface area (TPSA) is 119 Å². The van der Waals surface area contributed by atoms with Crippen LogP contribution in [0.2, 0.25) is 5.02 Å². The number of fused-ring (bicyclic) bond motifs is 3. The molecule has 1 aliphatic rings. The molecule has 0 spiro atoms. The molecule has 0 bridgehead atoms. The van der Waals surface area contributed by atoms with Gasteiger partial charge in [-0.25, -0.2) is 4.98 Å². The van der Waals surface area contributed by atoms with Crippen molar-refractivity contribution in [2.24, 2.45) is 0 Å². The van der Waals surface area contributed by atoms with E-state index in [1.165, 1.54) is 10.9 Å². The van der Waals surface area contributed by atoms with Crippen LogP contribution in [0.25, 0.3) is 28.1 Å². The molecule has 2 N–H and O–H groups in total. The molecule has 1 fully saturated rings. The summed E-state index contributed by atoms with van der Waals surface area (Å²) < 4.78 is 8.44. The molecule has 1 aliphatic carbocycles. The van der Waals surface area contributed by atoms with Gasteiger partial charge in [-0.15, -0.1) is 0 Å². The van der Waals surface area contributed by atoms with Crippen LogP contribution in [0, 0.1) is 0 Å². The summed E-state index contributed by atoms with van der Waals surface area (Å²) in [6.45, 7) is 1.50. The summed E-state index contributed by atoms with van der Waals surface area (Å²) in [5, 5.41) is 24.8. The molecule has 0 saturated heterocycles. The first kappa shape index (κ1) is 19.2. The Hall–Kier alpha value is -2.75. The Kier molecular flexibility index (Phi) is 4.42. The van der Waals surface area contributed by atoms with E-state index in [9.17, 15) is 15.0 Å². The molecule has 1 aromatic carbocycles. The summed E-state index contributed by atoms with van der Waals surface area (Å²) in [5.41, 5.74) is 0.154. The van der Waals surface area contributed by atoms with Crippen molar-refractivity contribution in [3.8, 4) is 11.5 Å². The summed E-state index contributed by atoms with van der Waals surface area (Å²) in [4.78, 5) is 22.2. The van der Waals surface area contributed by atoms with E-state index in [1.54, 1.807) is 23.5 Å². The fourth-order valence-electron chi connectivity index (χ4n) is 4.24. The van der Waals surface area contributed by atoms with Crippen LogP contribution < -0.4 is 5.56 Å². The highest BCUT2D eigenvalue weighted by molar-refractivity contribution is 6.35. The van der Waals surface area contributed by atoms with Gasteiger partial charge in [0.25, 0.3) is 11.4 Å². The Bertz CT molecular complexity index is 1320. The summed E-state index contributed by atoms with van der Waals surface area (Å²) in [6, 6.07) is 4.79. The van der Waals surface area contributed by atoms with Crippen LogP contribution >= 0.6 is 11.6 Å². The van der Waals surface area contributed by atoms with Crippen molar-refractivity contribution < 1.29 is 14.7 Å². The predicted octanol–water partition coefficient (Wildman–Crippen LogP) is 2.67. The van der Waals surface area contributed by atoms with E-state index in [1.807, 2.05) is 6.07 Å². The van der Waals surface area contributed by atoms with Gasteiger partial charge in [0.1, 0.15) is 23.1 Å². The SMILES string of the molecule is CC(CO)n1c(=O)c2c(-c3noc(C4(O)CCCC4)n3)ncn2c2cccc(Cl)c21. The Balaban J connectivity index is 1.78. The second-order valence-electron chi connectivity index (χ2n) is 7.79. The number of aliphatic hydroxyl groups is 2. The molecule has 5 rings (SSSR count). The van der Waals surface area contributed by atoms with Crippen LogP contribution in [0.15, 0.2) is 33.8 Å². The molecule has 1 atom stereocenters. The number of halogens is 1. The zero-order chi connectivity index (χ0) is 21.0. The number of hydrogen-bond donors (Lipinski definition) is 2. The van der Waals surface area contributed by atoms with Gasteiger partial charge in [-0.3, -0.25) is 13.8 Å². The van der Waals surface area contributed by atoms with Gasteiger partial charge in [-0.2, -0.15) is 4.98 Å². The minimum absolute atomic E-state index is 0.134. The lowest BCUT2D eigenvalue weighted by molar-refractivity contribution is 0.0112. The van der Waals surface area contributed by atoms with E-state index >= 15 is 0 Å². The van der Waals surface area contributed by atoms with Crippen molar-refractivity contribution in [1.29, 1.82) is 0 Å². The third-order valence-corrected chi connectivity index (χ3v) is 6.13. The molecule has 0 amide bonds. The van der Waals surface area contributed by atoms with Gasteiger partial charge in [-0.05, 0) is 44.7 Å². The zero-order valence-corrected chi connectivity index (χ0v) is 17.0. The first-order valence-corrected chi connectivity index (χ1v) is 10.2. The predicted molar refractivity (Wildman–Crippen MR) is 109 cm³/mol. The van der Waals surface area contributed by atoms with E-state index in [2.05, 4.69) is 15.1 Å². The number of aromatic nitrogens is 5. The first-order chi connectivity index (χ1) is 14.4. The van der Waals surface area contributed by atoms with Gasteiger partial charge in [-0.1, -0.05) is 22.8 Å². The van der Waals surface area contributed by atoms with Gasteiger partial charge in [0.05, 0.1) is 28.7 Å². The molecule has 1 saturated carbocycles. The third-order valence-electron chi connectivity index (χ3n) is 5.83. The maximum Gasteiger partial charge on any atom is 0.278 e. The van der Waals surface area contributed by atoms with E-state index < -0.39 is 11.6 Å². The number of para-hydroxylation sites is 1. The molecule has 3 aromatic heterocycles. The largest absolute Gasteiger partial charge is 0.394 e. The molecular weight excluding hydrogens is 410 g/mol. The lowest BCUT2D eigenvalue weighted by Gasteiger charge is -2.18. The molecule has 10 heteroatoms. The second kappa shape index (κ2) is 6.90. The molecule has 9 nitrogen and oxygen atoms in total. The molecule has 1 unspecified atom stereocenters. The van der Waals surface area contributed by atoms with Crippen LogP contribution in [0.5, 0.6) is 0 Å². The maximum absolute atomic E-state index is 13.5. The maximum atomic E-state index is 13.5. The standard InChI is InChI=1S/C20H20ClN5O4/c1-11(9-27)26-15-12(21)5-4-6-13(15)25-10-22-14(16(25)18(26)28)17-23-19(30-24-17)20(29)7-2-3-8-20/h4-6,10-11,27,29H,2-3,7-9H2,1H3. The highest BCUT2D eigenvalue weighted by Crippen LogP contribution is 2.38. The molecule has 0 aliphatic heterocycles. The monoisotopic (exact) mass is 429 g/mol. The summed E-state index contributed by atoms with van der Waals surface area (Å²) in [5.74, 6) is 0.276. The number of hydrogen-bond acceptors (Lipinski definition) is 7. The quantitative estimate of drug-likeness (QED) is 0.511. The van der Waals surface area contributed by atoms with E-state index in [0.29, 0.717) is 28.9 Å². The molecule has 4 aromatic rings. The van der Waals surface area contributed by atoms with Crippen molar-refractivity contribution >= 4 is 28.2 Å². The molecule has 156 valence electrons. The highest BCUT2D eigenvalue weighted by atomic mass is 35.5. The van der Waals surface area contributed by atoms with E-state index in [-0.39, 0.29) is 35.1 Å². The van der Waals surface area contributed by atoms with Crippen molar-refractivity contribution in [2.45, 2.75) is 44.2 Å². The highest BCUT2D eigenvalue weighted by Gasteiger charge is 2.39. The van der Waals surface area contributed by atoms with Gasteiger partial charge >= 0.3 is 0 Å². The summed E-state index contributed by atoms with van der Waals surface area (Å²) >= 11 is 6.41. The summed E-state index contributed by atoms with van der Waals surface area (Å²) in [7, 11) is 0. The number of rotatable bonds is 4. The number of aliphatic hydroxyl groups excluding tert-OH is 1. The van der Waals surface area contributed by atoms with Gasteiger partial charge < -0.3 is 14.7 Å². The zero-order valence-electron chi connectivity index (χ0n) is 16.2. The summed E-state index contributed by atoms with van der Waals surface area (Å²) in [6.07, 6.45) is 4.40. The van der Waals surface area contributed by atoms with Crippen LogP contribution in [-0.2, 0) is 5.60 Å². The fourth-order valence-corrected chi connectivity index (χ4v) is 4.50. The van der Waals surface area contributed by atoms with Crippen molar-refractivity contribution in [2.75, 3.05) is 6.61 Å². The number of imidazole rings is 1. The molecule has 30 heavy (non-hydrogen) atoms. The lowest BCUT2D eigenvalue weighted by Crippen LogP contribution is -2.27. The van der Waals surface area contributed by atoms with Crippen molar-refractivity contribution in [1.82, 2.24) is 24.1 Å². The minimum Gasteiger partial charge on any atom is -0.394 e. The lowest BCUT2D eigenvalue weighted by atomic mass is 10.0. The van der Waals surface area contributed by atoms with Gasteiger partial charge in [0.15, 0.2) is 0 Å². The Morgan fingerprint density at radius 3 is 2.80 bits per heavy atom. The third kappa shape index (κ3) is 2.69. The molecule has 0 radical (unpaired) electrons. The normalized spacial score (nSPS) is 17.2. The van der Waals surface area contributed by atoms with Crippen LogP contribution in [0.3, 0.4) is 0 Å². The van der Waals surface area contributed by atoms with Gasteiger partial charge in [0.2, 0.25) is 5.82 Å². The van der Waals surface area contributed by atoms with Crippen LogP contribution in [0.1, 0.15) is 44.5 Å². The molecular formula is C20H20ClN5O4. The Labute approximate surface area is 175 Å². The van der Waals surface area contributed by atoms with Crippen molar-refractivity contribution in [3.63, 3.8) is 0 Å². The van der Waals surface area contributed by atoms with Crippen LogP contribution in [0.4, 0.5) is 0 Å². The minimum atomic E-state index is -1.13.